The lowest BCUT2D eigenvalue weighted by molar-refractivity contribution is -0.143. The van der Waals surface area contributed by atoms with E-state index in [1.165, 1.54) is 0 Å². The summed E-state index contributed by atoms with van der Waals surface area (Å²) in [6.07, 6.45) is 0.698. The number of carbonyl (C=O) groups is 2. The number of amides is 1. The fourth-order valence-corrected chi connectivity index (χ4v) is 2.13. The average Bonchev–Trinajstić information content (AvgIpc) is 2.43. The Morgan fingerprint density at radius 2 is 1.80 bits per heavy atom. The largest absolute Gasteiger partial charge is 0.480 e. The lowest BCUT2D eigenvalue weighted by atomic mass is 9.96. The second kappa shape index (κ2) is 7.43. The zero-order valence-electron chi connectivity index (χ0n) is 11.9. The van der Waals surface area contributed by atoms with Crippen LogP contribution in [0.15, 0.2) is 28.7 Å². The molecule has 4 nitrogen and oxygen atoms in total. The number of aliphatic carboxylic acids is 1. The fraction of sp³-hybridized carbons (Fsp3) is 0.467. The van der Waals surface area contributed by atoms with Gasteiger partial charge in [0.05, 0.1) is 5.92 Å². The predicted octanol–water partition coefficient (Wildman–Crippen LogP) is 3.17. The number of carbonyl (C=O) groups excluding carboxylic acids is 1. The van der Waals surface area contributed by atoms with Gasteiger partial charge >= 0.3 is 5.97 Å². The number of nitrogens with one attached hydrogen (secondary N) is 1. The summed E-state index contributed by atoms with van der Waals surface area (Å²) in [6.45, 7) is 5.50. The van der Waals surface area contributed by atoms with Crippen molar-refractivity contribution < 1.29 is 14.7 Å². The minimum Gasteiger partial charge on any atom is -0.480 e. The second-order valence-electron chi connectivity index (χ2n) is 4.98. The van der Waals surface area contributed by atoms with Crippen molar-refractivity contribution in [2.45, 2.75) is 39.2 Å². The molecule has 0 fully saturated rings. The standard InChI is InChI=1S/C15H20BrNO3/c1-4-9(2)13(15(19)20)17-14(18)10(3)11-5-7-12(16)8-6-11/h5-10,13H,4H2,1-3H3,(H,17,18)(H,19,20). The van der Waals surface area contributed by atoms with E-state index < -0.39 is 12.0 Å². The van der Waals surface area contributed by atoms with E-state index in [2.05, 4.69) is 21.2 Å². The number of hydrogen-bond donors (Lipinski definition) is 2. The first-order valence-corrected chi connectivity index (χ1v) is 7.44. The van der Waals surface area contributed by atoms with Gasteiger partial charge in [-0.15, -0.1) is 0 Å². The minimum atomic E-state index is -0.990. The Balaban J connectivity index is 2.78. The Hall–Kier alpha value is -1.36. The molecule has 110 valence electrons. The first-order valence-electron chi connectivity index (χ1n) is 6.65. The van der Waals surface area contributed by atoms with Gasteiger partial charge in [-0.1, -0.05) is 48.3 Å². The van der Waals surface area contributed by atoms with Crippen LogP contribution in [-0.2, 0) is 9.59 Å². The van der Waals surface area contributed by atoms with Gasteiger partial charge in [0, 0.05) is 4.47 Å². The van der Waals surface area contributed by atoms with Gasteiger partial charge in [-0.25, -0.2) is 4.79 Å². The first-order chi connectivity index (χ1) is 9.36. The van der Waals surface area contributed by atoms with E-state index in [0.29, 0.717) is 6.42 Å². The first kappa shape index (κ1) is 16.7. The summed E-state index contributed by atoms with van der Waals surface area (Å²) in [5.74, 6) is -1.74. The van der Waals surface area contributed by atoms with E-state index in [1.807, 2.05) is 38.1 Å². The third kappa shape index (κ3) is 4.34. The Morgan fingerprint density at radius 3 is 2.25 bits per heavy atom. The van der Waals surface area contributed by atoms with Crippen molar-refractivity contribution in [3.05, 3.63) is 34.3 Å². The molecule has 3 atom stereocenters. The molecule has 0 saturated heterocycles. The zero-order chi connectivity index (χ0) is 15.3. The maximum atomic E-state index is 12.2. The van der Waals surface area contributed by atoms with E-state index in [-0.39, 0.29) is 17.7 Å². The molecule has 0 saturated carbocycles. The molecule has 20 heavy (non-hydrogen) atoms. The molecule has 1 aromatic carbocycles. The predicted molar refractivity (Wildman–Crippen MR) is 81.6 cm³/mol. The van der Waals surface area contributed by atoms with Crippen LogP contribution in [0.1, 0.15) is 38.7 Å². The van der Waals surface area contributed by atoms with Crippen LogP contribution in [0.4, 0.5) is 0 Å². The molecule has 5 heteroatoms. The number of halogens is 1. The smallest absolute Gasteiger partial charge is 0.326 e. The van der Waals surface area contributed by atoms with Crippen LogP contribution in [0.2, 0.25) is 0 Å². The monoisotopic (exact) mass is 341 g/mol. The van der Waals surface area contributed by atoms with Gasteiger partial charge in [0.15, 0.2) is 0 Å². The normalized spacial score (nSPS) is 15.2. The highest BCUT2D eigenvalue weighted by Crippen LogP contribution is 2.19. The molecule has 0 aliphatic rings. The van der Waals surface area contributed by atoms with E-state index in [1.54, 1.807) is 6.92 Å². The van der Waals surface area contributed by atoms with Gasteiger partial charge in [-0.05, 0) is 30.5 Å². The van der Waals surface area contributed by atoms with Crippen LogP contribution >= 0.6 is 15.9 Å². The van der Waals surface area contributed by atoms with Crippen molar-refractivity contribution in [3.8, 4) is 0 Å². The van der Waals surface area contributed by atoms with Crippen molar-refractivity contribution in [1.29, 1.82) is 0 Å². The van der Waals surface area contributed by atoms with Gasteiger partial charge in [-0.2, -0.15) is 0 Å². The topological polar surface area (TPSA) is 66.4 Å². The third-order valence-corrected chi connectivity index (χ3v) is 4.07. The second-order valence-corrected chi connectivity index (χ2v) is 5.90. The summed E-state index contributed by atoms with van der Waals surface area (Å²) in [7, 11) is 0. The fourth-order valence-electron chi connectivity index (χ4n) is 1.86. The van der Waals surface area contributed by atoms with E-state index >= 15 is 0 Å². The highest BCUT2D eigenvalue weighted by molar-refractivity contribution is 9.10. The molecule has 0 aliphatic heterocycles. The zero-order valence-corrected chi connectivity index (χ0v) is 13.5. The van der Waals surface area contributed by atoms with E-state index in [9.17, 15) is 14.7 Å². The van der Waals surface area contributed by atoms with Crippen molar-refractivity contribution >= 4 is 27.8 Å². The van der Waals surface area contributed by atoms with Gasteiger partial charge in [0.1, 0.15) is 6.04 Å². The molecule has 0 bridgehead atoms. The SMILES string of the molecule is CCC(C)C(NC(=O)C(C)c1ccc(Br)cc1)C(=O)O. The summed E-state index contributed by atoms with van der Waals surface area (Å²) in [5.41, 5.74) is 0.860. The molecule has 1 rings (SSSR count). The maximum absolute atomic E-state index is 12.2. The van der Waals surface area contributed by atoms with Crippen LogP contribution in [-0.4, -0.2) is 23.0 Å². The van der Waals surface area contributed by atoms with Crippen molar-refractivity contribution in [2.75, 3.05) is 0 Å². The third-order valence-electron chi connectivity index (χ3n) is 3.54. The van der Waals surface area contributed by atoms with Crippen molar-refractivity contribution in [1.82, 2.24) is 5.32 Å². The Bertz CT molecular complexity index is 473. The summed E-state index contributed by atoms with van der Waals surface area (Å²) in [5, 5.41) is 11.8. The van der Waals surface area contributed by atoms with Crippen LogP contribution in [0.5, 0.6) is 0 Å². The summed E-state index contributed by atoms with van der Waals surface area (Å²) < 4.78 is 0.942. The van der Waals surface area contributed by atoms with Crippen molar-refractivity contribution in [2.24, 2.45) is 5.92 Å². The van der Waals surface area contributed by atoms with Gasteiger partial charge in [-0.3, -0.25) is 4.79 Å². The molecular formula is C15H20BrNO3. The summed E-state index contributed by atoms with van der Waals surface area (Å²) >= 11 is 3.34. The Morgan fingerprint density at radius 1 is 1.25 bits per heavy atom. The number of carboxylic acids is 1. The number of carboxylic acid groups (broad SMARTS) is 1. The molecule has 1 aromatic rings. The van der Waals surface area contributed by atoms with Gasteiger partial charge in [0.25, 0.3) is 0 Å². The lowest BCUT2D eigenvalue weighted by Crippen LogP contribution is -2.46. The molecular weight excluding hydrogens is 322 g/mol. The molecule has 0 aliphatic carbocycles. The highest BCUT2D eigenvalue weighted by atomic mass is 79.9. The molecule has 1 amide bonds. The van der Waals surface area contributed by atoms with Crippen molar-refractivity contribution in [3.63, 3.8) is 0 Å². The number of hydrogen-bond acceptors (Lipinski definition) is 2. The lowest BCUT2D eigenvalue weighted by Gasteiger charge is -2.22. The summed E-state index contributed by atoms with van der Waals surface area (Å²) in [4.78, 5) is 23.4. The van der Waals surface area contributed by atoms with Crippen LogP contribution in [0.3, 0.4) is 0 Å². The van der Waals surface area contributed by atoms with Crippen LogP contribution < -0.4 is 5.32 Å². The Kier molecular flexibility index (Phi) is 6.20. The quantitative estimate of drug-likeness (QED) is 0.835. The van der Waals surface area contributed by atoms with Gasteiger partial charge < -0.3 is 10.4 Å². The minimum absolute atomic E-state index is 0.103. The molecule has 0 radical (unpaired) electrons. The molecule has 2 N–H and O–H groups in total. The molecule has 3 unspecified atom stereocenters. The maximum Gasteiger partial charge on any atom is 0.326 e. The van der Waals surface area contributed by atoms with Crippen LogP contribution in [0, 0.1) is 5.92 Å². The van der Waals surface area contributed by atoms with Crippen LogP contribution in [0.25, 0.3) is 0 Å². The average molecular weight is 342 g/mol. The Labute approximate surface area is 127 Å². The molecule has 0 spiro atoms. The van der Waals surface area contributed by atoms with Gasteiger partial charge in [0.2, 0.25) is 5.91 Å². The molecule has 0 heterocycles. The van der Waals surface area contributed by atoms with E-state index in [4.69, 9.17) is 0 Å². The van der Waals surface area contributed by atoms with E-state index in [0.717, 1.165) is 10.0 Å². The molecule has 0 aromatic heterocycles. The summed E-state index contributed by atoms with van der Waals surface area (Å²) in [6, 6.07) is 6.59. The highest BCUT2D eigenvalue weighted by Gasteiger charge is 2.27. The number of rotatable bonds is 6. The number of benzene rings is 1.